The molecule has 2 bridgehead atoms. The number of carbonyl (C=O) groups excluding carboxylic acids is 2. The van der Waals surface area contributed by atoms with Crippen LogP contribution in [0.5, 0.6) is 0 Å². The second kappa shape index (κ2) is 9.79. The highest BCUT2D eigenvalue weighted by atomic mass is 35.5. The van der Waals surface area contributed by atoms with E-state index in [9.17, 15) is 24.6 Å². The molecule has 3 saturated heterocycles. The number of halogens is 1. The van der Waals surface area contributed by atoms with E-state index in [4.69, 9.17) is 11.6 Å². The number of thioether (sulfide) groups is 1. The maximum absolute atomic E-state index is 14.5. The van der Waals surface area contributed by atoms with E-state index in [0.717, 1.165) is 5.56 Å². The van der Waals surface area contributed by atoms with Crippen molar-refractivity contribution < 1.29 is 24.6 Å². The molecule has 2 unspecified atom stereocenters. The lowest BCUT2D eigenvalue weighted by atomic mass is 9.71. The highest BCUT2D eigenvalue weighted by Gasteiger charge is 2.74. The number of hydrogen-bond acceptors (Lipinski definition) is 5. The number of nitrogens with zero attached hydrogens (tertiary/aromatic N) is 2. The van der Waals surface area contributed by atoms with E-state index in [1.165, 1.54) is 16.7 Å². The number of aryl methyl sites for hydroxylation is 1. The second-order valence-electron chi connectivity index (χ2n) is 10.2. The van der Waals surface area contributed by atoms with Gasteiger partial charge in [0, 0.05) is 11.8 Å². The highest BCUT2D eigenvalue weighted by molar-refractivity contribution is 8.02. The summed E-state index contributed by atoms with van der Waals surface area (Å²) in [7, 11) is 0. The lowest BCUT2D eigenvalue weighted by Crippen LogP contribution is -2.58. The van der Waals surface area contributed by atoms with Crippen LogP contribution in [0.1, 0.15) is 38.7 Å². The van der Waals surface area contributed by atoms with Crippen molar-refractivity contribution in [3.63, 3.8) is 0 Å². The van der Waals surface area contributed by atoms with E-state index in [0.29, 0.717) is 30.0 Å². The molecule has 3 aliphatic rings. The number of aliphatic hydroxyl groups excluding tert-OH is 1. The zero-order valence-corrected chi connectivity index (χ0v) is 21.9. The number of amides is 2. The zero-order chi connectivity index (χ0) is 25.7. The lowest BCUT2D eigenvalue weighted by Gasteiger charge is -2.40. The molecule has 4 rings (SSSR count). The van der Waals surface area contributed by atoms with Crippen LogP contribution in [-0.2, 0) is 14.4 Å². The molecule has 1 aromatic rings. The van der Waals surface area contributed by atoms with E-state index < -0.39 is 34.6 Å². The fourth-order valence-corrected chi connectivity index (χ4v) is 8.91. The third-order valence-electron chi connectivity index (χ3n) is 7.64. The Kier molecular flexibility index (Phi) is 7.28. The molecule has 3 aliphatic heterocycles. The van der Waals surface area contributed by atoms with Crippen molar-refractivity contribution in [2.75, 3.05) is 18.1 Å². The molecule has 0 aliphatic carbocycles. The van der Waals surface area contributed by atoms with Gasteiger partial charge in [0.25, 0.3) is 5.91 Å². The van der Waals surface area contributed by atoms with Gasteiger partial charge in [0.05, 0.1) is 39.9 Å². The molecule has 190 valence electrons. The number of hydrogen-bond donors (Lipinski definition) is 2. The summed E-state index contributed by atoms with van der Waals surface area (Å²) >= 11 is 8.04. The van der Waals surface area contributed by atoms with Crippen molar-refractivity contribution in [3.05, 3.63) is 41.4 Å². The molecule has 0 aromatic heterocycles. The summed E-state index contributed by atoms with van der Waals surface area (Å²) < 4.78 is -0.846. The number of carboxylic acids is 1. The predicted molar refractivity (Wildman–Crippen MR) is 138 cm³/mol. The monoisotopic (exact) mass is 520 g/mol. The van der Waals surface area contributed by atoms with E-state index >= 15 is 0 Å². The van der Waals surface area contributed by atoms with Crippen LogP contribution in [-0.4, -0.2) is 68.1 Å². The van der Waals surface area contributed by atoms with Crippen LogP contribution in [0, 0.1) is 24.7 Å². The first-order chi connectivity index (χ1) is 16.6. The minimum Gasteiger partial charge on any atom is -0.481 e. The summed E-state index contributed by atoms with van der Waals surface area (Å²) in [6.07, 6.45) is 3.35. The number of aliphatic hydroxyl groups is 1. The molecule has 0 radical (unpaired) electrons. The summed E-state index contributed by atoms with van der Waals surface area (Å²) in [5.41, 5.74) is 1.37. The van der Waals surface area contributed by atoms with Crippen LogP contribution in [0.15, 0.2) is 30.9 Å². The smallest absolute Gasteiger partial charge is 0.308 e. The quantitative estimate of drug-likeness (QED) is 0.481. The van der Waals surface area contributed by atoms with E-state index in [-0.39, 0.29) is 36.1 Å². The standard InChI is InChI=1S/C26H33ClN2O5S/c1-5-11-28(21-15(4)7-6-8-17(21)27)24(32)22-26-10-9-18(35-26)19(25(33)34)20(26)23(31)29(22)16(13-30)12-14(2)3/h5-8,14,16,18-20,22,30H,1,9-13H2,2-4H3,(H,33,34)/t16-,18+,19-,20+,22?,26?/m1/s1. The number of fused-ring (bicyclic) bond motifs is 1. The second-order valence-corrected chi connectivity index (χ2v) is 12.3. The van der Waals surface area contributed by atoms with Gasteiger partial charge in [-0.1, -0.05) is 43.7 Å². The van der Waals surface area contributed by atoms with Gasteiger partial charge in [0.15, 0.2) is 0 Å². The Morgan fingerprint density at radius 2 is 2.11 bits per heavy atom. The molecule has 0 saturated carbocycles. The van der Waals surface area contributed by atoms with Gasteiger partial charge in [0.2, 0.25) is 5.91 Å². The van der Waals surface area contributed by atoms with Crippen molar-refractivity contribution in [2.45, 2.75) is 62.1 Å². The molecule has 2 N–H and O–H groups in total. The molecule has 9 heteroatoms. The summed E-state index contributed by atoms with van der Waals surface area (Å²) in [6.45, 7) is 9.58. The van der Waals surface area contributed by atoms with E-state index in [1.54, 1.807) is 17.0 Å². The first-order valence-corrected chi connectivity index (χ1v) is 13.4. The molecular formula is C26H33ClN2O5S. The maximum atomic E-state index is 14.5. The Bertz CT molecular complexity index is 1030. The van der Waals surface area contributed by atoms with E-state index in [2.05, 4.69) is 6.58 Å². The molecule has 3 fully saturated rings. The van der Waals surface area contributed by atoms with Crippen LogP contribution in [0.3, 0.4) is 0 Å². The predicted octanol–water partition coefficient (Wildman–Crippen LogP) is 3.75. The van der Waals surface area contributed by atoms with Gasteiger partial charge in [-0.05, 0) is 43.7 Å². The van der Waals surface area contributed by atoms with Gasteiger partial charge in [-0.15, -0.1) is 18.3 Å². The molecule has 3 heterocycles. The third-order valence-corrected chi connectivity index (χ3v) is 9.90. The number of rotatable bonds is 9. The lowest BCUT2D eigenvalue weighted by molar-refractivity contribution is -0.149. The minimum atomic E-state index is -0.996. The molecule has 1 spiro atoms. The van der Waals surface area contributed by atoms with Gasteiger partial charge in [-0.2, -0.15) is 0 Å². The van der Waals surface area contributed by atoms with E-state index in [1.807, 2.05) is 32.9 Å². The van der Waals surface area contributed by atoms with Crippen molar-refractivity contribution in [3.8, 4) is 0 Å². The third kappa shape index (κ3) is 4.07. The van der Waals surface area contributed by atoms with Crippen LogP contribution in [0.25, 0.3) is 0 Å². The molecule has 6 atom stereocenters. The largest absolute Gasteiger partial charge is 0.481 e. The molecule has 35 heavy (non-hydrogen) atoms. The van der Waals surface area contributed by atoms with Crippen molar-refractivity contribution in [1.82, 2.24) is 4.90 Å². The van der Waals surface area contributed by atoms with Crippen molar-refractivity contribution >= 4 is 46.8 Å². The minimum absolute atomic E-state index is 0.169. The van der Waals surface area contributed by atoms with Crippen LogP contribution < -0.4 is 4.90 Å². The summed E-state index contributed by atoms with van der Waals surface area (Å²) in [5, 5.41) is 20.6. The highest BCUT2D eigenvalue weighted by Crippen LogP contribution is 2.67. The normalized spacial score (nSPS) is 30.0. The Balaban J connectivity index is 1.87. The van der Waals surface area contributed by atoms with Crippen LogP contribution in [0.4, 0.5) is 5.69 Å². The summed E-state index contributed by atoms with van der Waals surface area (Å²) in [5.74, 6) is -3.10. The van der Waals surface area contributed by atoms with Gasteiger partial charge < -0.3 is 20.0 Å². The van der Waals surface area contributed by atoms with Gasteiger partial charge in [0.1, 0.15) is 6.04 Å². The number of anilines is 1. The molecule has 2 amide bonds. The molecular weight excluding hydrogens is 488 g/mol. The topological polar surface area (TPSA) is 98.2 Å². The number of para-hydroxylation sites is 1. The Morgan fingerprint density at radius 3 is 2.69 bits per heavy atom. The average Bonchev–Trinajstić information content (AvgIpc) is 3.43. The number of likely N-dealkylation sites (tertiary alicyclic amines) is 1. The average molecular weight is 521 g/mol. The Morgan fingerprint density at radius 1 is 1.40 bits per heavy atom. The number of aliphatic carboxylic acids is 1. The maximum Gasteiger partial charge on any atom is 0.308 e. The summed E-state index contributed by atoms with van der Waals surface area (Å²) in [4.78, 5) is 43.8. The van der Waals surface area contributed by atoms with Crippen LogP contribution >= 0.6 is 23.4 Å². The van der Waals surface area contributed by atoms with Gasteiger partial charge >= 0.3 is 5.97 Å². The number of carbonyl (C=O) groups is 3. The fourth-order valence-electron chi connectivity index (χ4n) is 6.40. The van der Waals surface area contributed by atoms with Crippen molar-refractivity contribution in [2.24, 2.45) is 17.8 Å². The first-order valence-electron chi connectivity index (χ1n) is 12.1. The number of benzene rings is 1. The van der Waals surface area contributed by atoms with Gasteiger partial charge in [-0.3, -0.25) is 14.4 Å². The van der Waals surface area contributed by atoms with Crippen LogP contribution in [0.2, 0.25) is 5.02 Å². The molecule has 1 aromatic carbocycles. The zero-order valence-electron chi connectivity index (χ0n) is 20.3. The first kappa shape index (κ1) is 26.0. The SMILES string of the molecule is C=CCN(C(=O)C1N([C@@H](CO)CC(C)C)C(=O)[C@@H]2[C@H](C(=O)O)[C@@H]3CCC12S3)c1c(C)cccc1Cl. The fraction of sp³-hybridized carbons (Fsp3) is 0.577. The Hall–Kier alpha value is -2.03. The van der Waals surface area contributed by atoms with Gasteiger partial charge in [-0.25, -0.2) is 0 Å². The summed E-state index contributed by atoms with van der Waals surface area (Å²) in [6, 6.07) is 3.93. The number of carboxylic acid groups (broad SMARTS) is 1. The molecule has 7 nitrogen and oxygen atoms in total. The Labute approximate surface area is 215 Å². The van der Waals surface area contributed by atoms with Crippen molar-refractivity contribution in [1.29, 1.82) is 0 Å².